The molecule has 0 amide bonds. The maximum absolute atomic E-state index is 13.2. The fraction of sp³-hybridized carbons (Fsp3) is 0.118. The number of benzene rings is 2. The van der Waals surface area contributed by atoms with E-state index in [1.807, 2.05) is 31.2 Å². The molecule has 0 saturated carbocycles. The zero-order valence-corrected chi connectivity index (χ0v) is 13.9. The zero-order chi connectivity index (χ0) is 17.3. The highest BCUT2D eigenvalue weighted by Crippen LogP contribution is 2.30. The van der Waals surface area contributed by atoms with Gasteiger partial charge in [0.05, 0.1) is 16.7 Å². The molecule has 0 saturated heterocycles. The highest BCUT2D eigenvalue weighted by molar-refractivity contribution is 7.92. The Morgan fingerprint density at radius 2 is 1.79 bits per heavy atom. The second-order valence-electron chi connectivity index (χ2n) is 5.45. The van der Waals surface area contributed by atoms with Gasteiger partial charge in [0.1, 0.15) is 5.82 Å². The molecule has 7 heteroatoms. The first-order chi connectivity index (χ1) is 11.4. The van der Waals surface area contributed by atoms with E-state index in [2.05, 4.69) is 9.88 Å². The third-order valence-electron chi connectivity index (χ3n) is 3.59. The minimum Gasteiger partial charge on any atom is -0.337 e. The van der Waals surface area contributed by atoms with Gasteiger partial charge in [0.15, 0.2) is 0 Å². The average Bonchev–Trinajstić information content (AvgIpc) is 2.95. The molecule has 0 aliphatic carbocycles. The summed E-state index contributed by atoms with van der Waals surface area (Å²) in [5.41, 5.74) is 2.69. The Kier molecular flexibility index (Phi) is 4.11. The van der Waals surface area contributed by atoms with Crippen molar-refractivity contribution in [3.63, 3.8) is 0 Å². The van der Waals surface area contributed by atoms with Gasteiger partial charge in [-0.25, -0.2) is 17.5 Å². The van der Waals surface area contributed by atoms with Gasteiger partial charge in [-0.2, -0.15) is 0 Å². The minimum absolute atomic E-state index is 0.0163. The van der Waals surface area contributed by atoms with Crippen LogP contribution in [0.4, 0.5) is 10.3 Å². The standard InChI is InChI=1S/C17H15FN2O3S/c1-11-3-5-13(6-4-11)15-10-19-23-17(15)20-24(21,22)16-8-7-14(18)9-12(16)2/h3-10,20H,1-2H3. The molecule has 1 heterocycles. The number of aromatic nitrogens is 1. The zero-order valence-electron chi connectivity index (χ0n) is 13.1. The van der Waals surface area contributed by atoms with Crippen LogP contribution in [0.5, 0.6) is 0 Å². The van der Waals surface area contributed by atoms with Crippen molar-refractivity contribution < 1.29 is 17.3 Å². The number of aryl methyl sites for hydroxylation is 2. The van der Waals surface area contributed by atoms with Crippen molar-refractivity contribution >= 4 is 15.9 Å². The van der Waals surface area contributed by atoms with Gasteiger partial charge in [-0.05, 0) is 43.2 Å². The molecule has 0 fully saturated rings. The second-order valence-corrected chi connectivity index (χ2v) is 7.10. The highest BCUT2D eigenvalue weighted by Gasteiger charge is 2.21. The molecule has 0 bridgehead atoms. The van der Waals surface area contributed by atoms with Crippen molar-refractivity contribution in [1.82, 2.24) is 5.16 Å². The molecule has 0 spiro atoms. The summed E-state index contributed by atoms with van der Waals surface area (Å²) in [6, 6.07) is 11.0. The Labute approximate surface area is 139 Å². The Morgan fingerprint density at radius 1 is 1.08 bits per heavy atom. The van der Waals surface area contributed by atoms with E-state index in [0.717, 1.165) is 23.3 Å². The van der Waals surface area contributed by atoms with E-state index in [0.29, 0.717) is 11.1 Å². The maximum Gasteiger partial charge on any atom is 0.264 e. The first-order valence-corrected chi connectivity index (χ1v) is 8.66. The van der Waals surface area contributed by atoms with Gasteiger partial charge < -0.3 is 4.52 Å². The number of nitrogens with zero attached hydrogens (tertiary/aromatic N) is 1. The minimum atomic E-state index is -3.92. The number of nitrogens with one attached hydrogen (secondary N) is 1. The Balaban J connectivity index is 1.97. The maximum atomic E-state index is 13.2. The van der Waals surface area contributed by atoms with E-state index in [1.165, 1.54) is 19.2 Å². The smallest absolute Gasteiger partial charge is 0.264 e. The quantitative estimate of drug-likeness (QED) is 0.778. The fourth-order valence-corrected chi connectivity index (χ4v) is 3.57. The lowest BCUT2D eigenvalue weighted by atomic mass is 10.1. The van der Waals surface area contributed by atoms with Crippen LogP contribution in [0.25, 0.3) is 11.1 Å². The molecule has 3 rings (SSSR count). The molecule has 2 aromatic carbocycles. The van der Waals surface area contributed by atoms with E-state index >= 15 is 0 Å². The summed E-state index contributed by atoms with van der Waals surface area (Å²) in [6.45, 7) is 3.48. The third-order valence-corrected chi connectivity index (χ3v) is 5.08. The van der Waals surface area contributed by atoms with Crippen molar-refractivity contribution in [3.05, 3.63) is 65.6 Å². The molecule has 0 aliphatic rings. The number of anilines is 1. The number of rotatable bonds is 4. The first-order valence-electron chi connectivity index (χ1n) is 7.17. The van der Waals surface area contributed by atoms with Crippen molar-refractivity contribution in [2.75, 3.05) is 4.72 Å². The Bertz CT molecular complexity index is 979. The lowest BCUT2D eigenvalue weighted by Crippen LogP contribution is -2.14. The van der Waals surface area contributed by atoms with Gasteiger partial charge >= 0.3 is 0 Å². The monoisotopic (exact) mass is 346 g/mol. The molecular weight excluding hydrogens is 331 g/mol. The van der Waals surface area contributed by atoms with Crippen LogP contribution in [-0.4, -0.2) is 13.6 Å². The summed E-state index contributed by atoms with van der Waals surface area (Å²) in [7, 11) is -3.92. The molecule has 3 aromatic rings. The summed E-state index contributed by atoms with van der Waals surface area (Å²) in [4.78, 5) is -0.0184. The van der Waals surface area contributed by atoms with Crippen molar-refractivity contribution in [1.29, 1.82) is 0 Å². The van der Waals surface area contributed by atoms with Gasteiger partial charge in [-0.1, -0.05) is 35.0 Å². The molecule has 124 valence electrons. The summed E-state index contributed by atoms with van der Waals surface area (Å²) in [5, 5.41) is 3.67. The molecule has 0 unspecified atom stereocenters. The fourth-order valence-electron chi connectivity index (χ4n) is 2.34. The highest BCUT2D eigenvalue weighted by atomic mass is 32.2. The van der Waals surface area contributed by atoms with E-state index in [4.69, 9.17) is 4.52 Å². The van der Waals surface area contributed by atoms with Crippen molar-refractivity contribution in [2.24, 2.45) is 0 Å². The van der Waals surface area contributed by atoms with Crippen LogP contribution in [0.2, 0.25) is 0 Å². The Morgan fingerprint density at radius 3 is 2.46 bits per heavy atom. The number of halogens is 1. The van der Waals surface area contributed by atoms with Crippen LogP contribution in [0.1, 0.15) is 11.1 Å². The largest absolute Gasteiger partial charge is 0.337 e. The lowest BCUT2D eigenvalue weighted by Gasteiger charge is -2.09. The van der Waals surface area contributed by atoms with Gasteiger partial charge in [0, 0.05) is 0 Å². The van der Waals surface area contributed by atoms with Crippen LogP contribution >= 0.6 is 0 Å². The summed E-state index contributed by atoms with van der Waals surface area (Å²) < 4.78 is 45.7. The SMILES string of the molecule is Cc1ccc(-c2cnoc2NS(=O)(=O)c2ccc(F)cc2C)cc1. The van der Waals surface area contributed by atoms with Crippen LogP contribution < -0.4 is 4.72 Å². The normalized spacial score (nSPS) is 11.5. The molecule has 0 radical (unpaired) electrons. The van der Waals surface area contributed by atoms with Crippen LogP contribution in [-0.2, 0) is 10.0 Å². The number of sulfonamides is 1. The first kappa shape index (κ1) is 16.2. The van der Waals surface area contributed by atoms with Gasteiger partial charge in [-0.3, -0.25) is 0 Å². The van der Waals surface area contributed by atoms with E-state index in [1.54, 1.807) is 0 Å². The topological polar surface area (TPSA) is 72.2 Å². The number of hydrogen-bond donors (Lipinski definition) is 1. The molecule has 1 aromatic heterocycles. The lowest BCUT2D eigenvalue weighted by molar-refractivity contribution is 0.435. The molecule has 1 N–H and O–H groups in total. The average molecular weight is 346 g/mol. The van der Waals surface area contributed by atoms with Crippen LogP contribution in [0.15, 0.2) is 58.1 Å². The predicted molar refractivity (Wildman–Crippen MR) is 88.6 cm³/mol. The van der Waals surface area contributed by atoms with Crippen LogP contribution in [0, 0.1) is 19.7 Å². The molecule has 24 heavy (non-hydrogen) atoms. The van der Waals surface area contributed by atoms with Gasteiger partial charge in [-0.15, -0.1) is 0 Å². The van der Waals surface area contributed by atoms with Crippen molar-refractivity contribution in [2.45, 2.75) is 18.7 Å². The second kappa shape index (κ2) is 6.09. The molecule has 5 nitrogen and oxygen atoms in total. The van der Waals surface area contributed by atoms with Gasteiger partial charge in [0.2, 0.25) is 5.88 Å². The van der Waals surface area contributed by atoms with Crippen molar-refractivity contribution in [3.8, 4) is 11.1 Å². The number of hydrogen-bond acceptors (Lipinski definition) is 4. The summed E-state index contributed by atoms with van der Waals surface area (Å²) in [5.74, 6) is -0.478. The van der Waals surface area contributed by atoms with E-state index < -0.39 is 15.8 Å². The predicted octanol–water partition coefficient (Wildman–Crippen LogP) is 3.90. The van der Waals surface area contributed by atoms with E-state index in [-0.39, 0.29) is 10.8 Å². The summed E-state index contributed by atoms with van der Waals surface area (Å²) >= 11 is 0. The molecule has 0 aliphatic heterocycles. The summed E-state index contributed by atoms with van der Waals surface area (Å²) in [6.07, 6.45) is 1.44. The van der Waals surface area contributed by atoms with E-state index in [9.17, 15) is 12.8 Å². The Hall–Kier alpha value is -2.67. The molecular formula is C17H15FN2O3S. The third kappa shape index (κ3) is 3.16. The molecule has 0 atom stereocenters. The van der Waals surface area contributed by atoms with Gasteiger partial charge in [0.25, 0.3) is 10.0 Å². The van der Waals surface area contributed by atoms with Crippen LogP contribution in [0.3, 0.4) is 0 Å².